The van der Waals surface area contributed by atoms with Gasteiger partial charge in [-0.1, -0.05) is 60.7 Å². The van der Waals surface area contributed by atoms with Crippen molar-refractivity contribution in [3.8, 4) is 0 Å². The molecule has 4 nitrogen and oxygen atoms in total. The lowest BCUT2D eigenvalue weighted by atomic mass is 9.91. The summed E-state index contributed by atoms with van der Waals surface area (Å²) in [4.78, 5) is 10.2. The Morgan fingerprint density at radius 1 is 1.00 bits per heavy atom. The van der Waals surface area contributed by atoms with Crippen LogP contribution in [0.3, 0.4) is 0 Å². The SMILES string of the molecule is CCNC(=NCc1scnc1C)NCC(c1ccccc1)c1ccccc1.I. The van der Waals surface area contributed by atoms with Crippen LogP contribution in [0.15, 0.2) is 71.2 Å². The molecule has 0 atom stereocenters. The summed E-state index contributed by atoms with van der Waals surface area (Å²) in [5.41, 5.74) is 5.53. The van der Waals surface area contributed by atoms with Gasteiger partial charge in [0.2, 0.25) is 0 Å². The maximum absolute atomic E-state index is 4.74. The number of hydrogen-bond donors (Lipinski definition) is 2. The van der Waals surface area contributed by atoms with E-state index in [1.54, 1.807) is 11.3 Å². The van der Waals surface area contributed by atoms with Gasteiger partial charge >= 0.3 is 0 Å². The van der Waals surface area contributed by atoms with Crippen LogP contribution < -0.4 is 10.6 Å². The number of hydrogen-bond acceptors (Lipinski definition) is 3. The second kappa shape index (κ2) is 11.8. The maximum Gasteiger partial charge on any atom is 0.191 e. The minimum absolute atomic E-state index is 0. The normalized spacial score (nSPS) is 11.2. The molecular formula is C22H27IN4S. The highest BCUT2D eigenvalue weighted by molar-refractivity contribution is 14.0. The minimum Gasteiger partial charge on any atom is -0.357 e. The van der Waals surface area contributed by atoms with Crippen molar-refractivity contribution in [1.82, 2.24) is 15.6 Å². The molecule has 2 aromatic carbocycles. The summed E-state index contributed by atoms with van der Waals surface area (Å²) in [5, 5.41) is 6.87. The van der Waals surface area contributed by atoms with E-state index in [9.17, 15) is 0 Å². The van der Waals surface area contributed by atoms with Crippen molar-refractivity contribution in [3.05, 3.63) is 87.9 Å². The molecule has 6 heteroatoms. The Morgan fingerprint density at radius 2 is 1.61 bits per heavy atom. The molecule has 1 heterocycles. The molecule has 0 fully saturated rings. The molecule has 0 bridgehead atoms. The van der Waals surface area contributed by atoms with Crippen LogP contribution in [-0.2, 0) is 6.54 Å². The molecule has 0 saturated heterocycles. The summed E-state index contributed by atoms with van der Waals surface area (Å²) in [5.74, 6) is 1.10. The molecule has 3 aromatic rings. The number of halogens is 1. The molecule has 148 valence electrons. The van der Waals surface area contributed by atoms with Crippen molar-refractivity contribution in [1.29, 1.82) is 0 Å². The summed E-state index contributed by atoms with van der Waals surface area (Å²) in [6.45, 7) is 6.37. The molecular weight excluding hydrogens is 479 g/mol. The molecule has 0 unspecified atom stereocenters. The number of aryl methyl sites for hydroxylation is 1. The summed E-state index contributed by atoms with van der Waals surface area (Å²) < 4.78 is 0. The second-order valence-corrected chi connectivity index (χ2v) is 7.25. The van der Waals surface area contributed by atoms with Crippen molar-refractivity contribution in [3.63, 3.8) is 0 Å². The van der Waals surface area contributed by atoms with Crippen LogP contribution in [0.2, 0.25) is 0 Å². The zero-order valence-electron chi connectivity index (χ0n) is 16.3. The topological polar surface area (TPSA) is 49.3 Å². The summed E-state index contributed by atoms with van der Waals surface area (Å²) in [6, 6.07) is 21.2. The van der Waals surface area contributed by atoms with Crippen LogP contribution in [-0.4, -0.2) is 24.0 Å². The molecule has 0 saturated carbocycles. The standard InChI is InChI=1S/C22H26N4S.HI/c1-3-23-22(25-15-21-17(2)26-16-27-21)24-14-20(18-10-6-4-7-11-18)19-12-8-5-9-13-19;/h4-13,16,20H,3,14-15H2,1-2H3,(H2,23,24,25);1H. The lowest BCUT2D eigenvalue weighted by molar-refractivity contribution is 0.729. The Morgan fingerprint density at radius 3 is 2.11 bits per heavy atom. The zero-order chi connectivity index (χ0) is 18.9. The largest absolute Gasteiger partial charge is 0.357 e. The molecule has 0 aliphatic heterocycles. The number of nitrogens with one attached hydrogen (secondary N) is 2. The van der Waals surface area contributed by atoms with Crippen LogP contribution in [0, 0.1) is 6.92 Å². The Kier molecular flexibility index (Phi) is 9.43. The Balaban J connectivity index is 0.00000280. The van der Waals surface area contributed by atoms with E-state index in [0.29, 0.717) is 6.54 Å². The highest BCUT2D eigenvalue weighted by Gasteiger charge is 2.14. The van der Waals surface area contributed by atoms with Crippen molar-refractivity contribution < 1.29 is 0 Å². The fourth-order valence-corrected chi connectivity index (χ4v) is 3.67. The number of rotatable bonds is 7. The summed E-state index contributed by atoms with van der Waals surface area (Å²) >= 11 is 1.65. The Hall–Kier alpha value is -1.93. The minimum atomic E-state index is 0. The van der Waals surface area contributed by atoms with Crippen LogP contribution in [0.1, 0.15) is 34.5 Å². The van der Waals surface area contributed by atoms with Gasteiger partial charge in [-0.05, 0) is 25.0 Å². The zero-order valence-corrected chi connectivity index (χ0v) is 19.4. The number of aromatic nitrogens is 1. The smallest absolute Gasteiger partial charge is 0.191 e. The molecule has 0 aliphatic carbocycles. The van der Waals surface area contributed by atoms with Crippen molar-refractivity contribution >= 4 is 41.3 Å². The maximum atomic E-state index is 4.74. The third kappa shape index (κ3) is 6.31. The molecule has 28 heavy (non-hydrogen) atoms. The average Bonchev–Trinajstić information content (AvgIpc) is 3.12. The number of benzene rings is 2. The third-order valence-electron chi connectivity index (χ3n) is 4.45. The molecule has 0 amide bonds. The third-order valence-corrected chi connectivity index (χ3v) is 5.37. The highest BCUT2D eigenvalue weighted by atomic mass is 127. The van der Waals surface area contributed by atoms with Crippen LogP contribution >= 0.6 is 35.3 Å². The van der Waals surface area contributed by atoms with Crippen molar-refractivity contribution in [2.24, 2.45) is 4.99 Å². The predicted octanol–water partition coefficient (Wildman–Crippen LogP) is 4.96. The van der Waals surface area contributed by atoms with Gasteiger partial charge in [0.15, 0.2) is 5.96 Å². The monoisotopic (exact) mass is 506 g/mol. The first-order chi connectivity index (χ1) is 13.3. The lowest BCUT2D eigenvalue weighted by Gasteiger charge is -2.20. The van der Waals surface area contributed by atoms with Gasteiger partial charge < -0.3 is 10.6 Å². The summed E-state index contributed by atoms with van der Waals surface area (Å²) in [6.07, 6.45) is 0. The fraction of sp³-hybridized carbons (Fsp3) is 0.273. The predicted molar refractivity (Wildman–Crippen MR) is 130 cm³/mol. The lowest BCUT2D eigenvalue weighted by Crippen LogP contribution is -2.39. The van der Waals surface area contributed by atoms with E-state index >= 15 is 0 Å². The second-order valence-electron chi connectivity index (χ2n) is 6.31. The van der Waals surface area contributed by atoms with Crippen LogP contribution in [0.5, 0.6) is 0 Å². The van der Waals surface area contributed by atoms with E-state index in [2.05, 4.69) is 83.2 Å². The van der Waals surface area contributed by atoms with Gasteiger partial charge in [0.25, 0.3) is 0 Å². The fourth-order valence-electron chi connectivity index (χ4n) is 2.97. The van der Waals surface area contributed by atoms with Gasteiger partial charge in [0.05, 0.1) is 17.7 Å². The van der Waals surface area contributed by atoms with Gasteiger partial charge in [-0.25, -0.2) is 9.98 Å². The van der Waals surface area contributed by atoms with Gasteiger partial charge in [0, 0.05) is 23.9 Å². The molecule has 0 spiro atoms. The summed E-state index contributed by atoms with van der Waals surface area (Å²) in [7, 11) is 0. The van der Waals surface area contributed by atoms with E-state index < -0.39 is 0 Å². The van der Waals surface area contributed by atoms with Crippen LogP contribution in [0.25, 0.3) is 0 Å². The molecule has 0 aliphatic rings. The van der Waals surface area contributed by atoms with Gasteiger partial charge in [-0.3, -0.25) is 0 Å². The number of thiazole rings is 1. The van der Waals surface area contributed by atoms with Crippen molar-refractivity contribution in [2.45, 2.75) is 26.3 Å². The highest BCUT2D eigenvalue weighted by Crippen LogP contribution is 2.23. The number of aliphatic imine (C=N–C) groups is 1. The first-order valence-electron chi connectivity index (χ1n) is 9.29. The van der Waals surface area contributed by atoms with E-state index in [-0.39, 0.29) is 29.9 Å². The molecule has 3 rings (SSSR count). The first kappa shape index (κ1) is 22.4. The van der Waals surface area contributed by atoms with E-state index in [0.717, 1.165) is 24.7 Å². The Bertz CT molecular complexity index is 810. The number of nitrogens with zero attached hydrogens (tertiary/aromatic N) is 2. The number of guanidine groups is 1. The van der Waals surface area contributed by atoms with E-state index in [1.165, 1.54) is 16.0 Å². The van der Waals surface area contributed by atoms with Gasteiger partial charge in [-0.2, -0.15) is 0 Å². The quantitative estimate of drug-likeness (QED) is 0.271. The Labute approximate surface area is 188 Å². The van der Waals surface area contributed by atoms with Crippen molar-refractivity contribution in [2.75, 3.05) is 13.1 Å². The van der Waals surface area contributed by atoms with E-state index in [4.69, 9.17) is 4.99 Å². The first-order valence-corrected chi connectivity index (χ1v) is 10.2. The molecule has 0 radical (unpaired) electrons. The van der Waals surface area contributed by atoms with Crippen LogP contribution in [0.4, 0.5) is 0 Å². The molecule has 1 aromatic heterocycles. The van der Waals surface area contributed by atoms with Gasteiger partial charge in [-0.15, -0.1) is 35.3 Å². The van der Waals surface area contributed by atoms with E-state index in [1.807, 2.05) is 12.4 Å². The average molecular weight is 506 g/mol. The molecule has 2 N–H and O–H groups in total. The van der Waals surface area contributed by atoms with Gasteiger partial charge in [0.1, 0.15) is 0 Å².